The molecule has 1 saturated carbocycles. The number of nitrogens with zero attached hydrogens (tertiary/aromatic N) is 1. The Balaban J connectivity index is 1.46. The lowest BCUT2D eigenvalue weighted by Crippen LogP contribution is -2.38. The third-order valence-corrected chi connectivity index (χ3v) is 5.77. The zero-order valence-corrected chi connectivity index (χ0v) is 17.8. The summed E-state index contributed by atoms with van der Waals surface area (Å²) in [4.78, 5) is 40.4. The minimum atomic E-state index is -1.10. The third-order valence-electron chi connectivity index (χ3n) is 5.01. The number of aromatic nitrogens is 1. The van der Waals surface area contributed by atoms with Gasteiger partial charge in [-0.1, -0.05) is 19.3 Å². The van der Waals surface area contributed by atoms with Crippen LogP contribution >= 0.6 is 11.3 Å². The van der Waals surface area contributed by atoms with Crippen LogP contribution in [0.3, 0.4) is 0 Å². The Bertz CT molecular complexity index is 960. The van der Waals surface area contributed by atoms with Gasteiger partial charge in [-0.3, -0.25) is 19.7 Å². The second kappa shape index (κ2) is 10.4. The van der Waals surface area contributed by atoms with E-state index in [1.165, 1.54) is 13.0 Å². The number of esters is 1. The summed E-state index contributed by atoms with van der Waals surface area (Å²) in [5.41, 5.74) is 0.734. The molecule has 1 fully saturated rings. The number of benzene rings is 1. The lowest BCUT2D eigenvalue weighted by Gasteiger charge is -2.20. The van der Waals surface area contributed by atoms with Crippen LogP contribution in [0.4, 0.5) is 13.9 Å². The zero-order chi connectivity index (χ0) is 22.4. The summed E-state index contributed by atoms with van der Waals surface area (Å²) >= 11 is 1.09. The van der Waals surface area contributed by atoms with Crippen LogP contribution in [0.25, 0.3) is 11.3 Å². The fraction of sp³-hybridized carbons (Fsp3) is 0.429. The van der Waals surface area contributed by atoms with Gasteiger partial charge in [0.2, 0.25) is 5.91 Å². The van der Waals surface area contributed by atoms with Gasteiger partial charge in [-0.2, -0.15) is 0 Å². The van der Waals surface area contributed by atoms with Gasteiger partial charge in [-0.25, -0.2) is 13.8 Å². The monoisotopic (exact) mass is 451 g/mol. The van der Waals surface area contributed by atoms with E-state index in [1.807, 2.05) is 0 Å². The van der Waals surface area contributed by atoms with Crippen molar-refractivity contribution in [1.82, 2.24) is 10.3 Å². The van der Waals surface area contributed by atoms with E-state index in [9.17, 15) is 23.2 Å². The van der Waals surface area contributed by atoms with Gasteiger partial charge in [-0.05, 0) is 38.0 Å². The second-order valence-electron chi connectivity index (χ2n) is 7.34. The molecule has 0 bridgehead atoms. The second-order valence-corrected chi connectivity index (χ2v) is 8.20. The van der Waals surface area contributed by atoms with Crippen molar-refractivity contribution in [2.45, 2.75) is 45.1 Å². The molecule has 2 N–H and O–H groups in total. The number of rotatable bonds is 7. The van der Waals surface area contributed by atoms with E-state index in [0.717, 1.165) is 55.6 Å². The Morgan fingerprint density at radius 1 is 1.19 bits per heavy atom. The molecule has 7 nitrogen and oxygen atoms in total. The van der Waals surface area contributed by atoms with Gasteiger partial charge in [0.1, 0.15) is 6.54 Å². The van der Waals surface area contributed by atoms with Crippen LogP contribution in [0, 0.1) is 17.6 Å². The Hall–Kier alpha value is -2.88. The van der Waals surface area contributed by atoms with Crippen LogP contribution in [-0.2, 0) is 19.1 Å². The topological polar surface area (TPSA) is 97.4 Å². The van der Waals surface area contributed by atoms with Crippen LogP contribution < -0.4 is 10.6 Å². The molecule has 1 aromatic carbocycles. The summed E-state index contributed by atoms with van der Waals surface area (Å²) < 4.78 is 31.5. The number of anilines is 1. The molecule has 0 saturated heterocycles. The number of nitrogens with one attached hydrogen (secondary N) is 2. The SMILES string of the molecule is CC(OC(=O)CNC(=O)C1CCCCC1)C(=O)Nc1nc(-c2ccc(F)c(F)c2)cs1. The molecule has 0 aliphatic heterocycles. The minimum Gasteiger partial charge on any atom is -0.451 e. The van der Waals surface area contributed by atoms with E-state index < -0.39 is 29.6 Å². The molecule has 166 valence electrons. The highest BCUT2D eigenvalue weighted by Gasteiger charge is 2.23. The summed E-state index contributed by atoms with van der Waals surface area (Å²) in [6, 6.07) is 3.39. The lowest BCUT2D eigenvalue weighted by atomic mass is 9.89. The number of carbonyl (C=O) groups excluding carboxylic acids is 3. The number of amides is 2. The zero-order valence-electron chi connectivity index (χ0n) is 17.0. The number of thiazole rings is 1. The maximum absolute atomic E-state index is 13.4. The van der Waals surface area contributed by atoms with Crippen molar-refractivity contribution in [2.75, 3.05) is 11.9 Å². The van der Waals surface area contributed by atoms with Crippen molar-refractivity contribution in [3.63, 3.8) is 0 Å². The average Bonchev–Trinajstić information content (AvgIpc) is 3.23. The van der Waals surface area contributed by atoms with Crippen LogP contribution in [0.15, 0.2) is 23.6 Å². The highest BCUT2D eigenvalue weighted by molar-refractivity contribution is 7.14. The molecule has 1 atom stereocenters. The Labute approximate surface area is 182 Å². The predicted molar refractivity (Wildman–Crippen MR) is 111 cm³/mol. The quantitative estimate of drug-likeness (QED) is 0.627. The summed E-state index contributed by atoms with van der Waals surface area (Å²) in [7, 11) is 0. The number of hydrogen-bond acceptors (Lipinski definition) is 6. The van der Waals surface area contributed by atoms with Gasteiger partial charge in [0.25, 0.3) is 5.91 Å². The first-order valence-corrected chi connectivity index (χ1v) is 10.9. The number of ether oxygens (including phenoxy) is 1. The van der Waals surface area contributed by atoms with Gasteiger partial charge < -0.3 is 10.1 Å². The standard InChI is InChI=1S/C21H23F2N3O4S/c1-12(30-18(27)10-24-20(29)13-5-3-2-4-6-13)19(28)26-21-25-17(11-31-21)14-7-8-15(22)16(23)9-14/h7-9,11-13H,2-6,10H2,1H3,(H,24,29)(H,25,26,28). The maximum Gasteiger partial charge on any atom is 0.326 e. The van der Waals surface area contributed by atoms with E-state index in [4.69, 9.17) is 4.74 Å². The normalized spacial score (nSPS) is 15.2. The molecule has 1 aliphatic carbocycles. The largest absolute Gasteiger partial charge is 0.451 e. The van der Waals surface area contributed by atoms with E-state index in [0.29, 0.717) is 11.3 Å². The smallest absolute Gasteiger partial charge is 0.326 e. The van der Waals surface area contributed by atoms with Crippen molar-refractivity contribution in [3.8, 4) is 11.3 Å². The molecular weight excluding hydrogens is 428 g/mol. The van der Waals surface area contributed by atoms with Gasteiger partial charge in [-0.15, -0.1) is 11.3 Å². The van der Waals surface area contributed by atoms with Crippen molar-refractivity contribution in [2.24, 2.45) is 5.92 Å². The highest BCUT2D eigenvalue weighted by Crippen LogP contribution is 2.26. The summed E-state index contributed by atoms with van der Waals surface area (Å²) in [6.45, 7) is 1.10. The van der Waals surface area contributed by atoms with Gasteiger partial charge >= 0.3 is 5.97 Å². The first-order chi connectivity index (χ1) is 14.8. The molecule has 0 spiro atoms. The highest BCUT2D eigenvalue weighted by atomic mass is 32.1. The summed E-state index contributed by atoms with van der Waals surface area (Å²) in [6.07, 6.45) is 3.68. The molecule has 1 aliphatic rings. The number of hydrogen-bond donors (Lipinski definition) is 2. The molecular formula is C21H23F2N3O4S. The average molecular weight is 451 g/mol. The first kappa shape index (κ1) is 22.8. The lowest BCUT2D eigenvalue weighted by molar-refractivity contribution is -0.153. The molecule has 1 aromatic heterocycles. The van der Waals surface area contributed by atoms with Crippen LogP contribution in [0.1, 0.15) is 39.0 Å². The van der Waals surface area contributed by atoms with Crippen molar-refractivity contribution >= 4 is 34.3 Å². The van der Waals surface area contributed by atoms with Gasteiger partial charge in [0.05, 0.1) is 5.69 Å². The van der Waals surface area contributed by atoms with Gasteiger partial charge in [0, 0.05) is 16.9 Å². The number of halogens is 2. The molecule has 31 heavy (non-hydrogen) atoms. The minimum absolute atomic E-state index is 0.0732. The Kier molecular flexibility index (Phi) is 7.67. The molecule has 3 rings (SSSR count). The van der Waals surface area contributed by atoms with E-state index in [1.54, 1.807) is 5.38 Å². The summed E-state index contributed by atoms with van der Waals surface area (Å²) in [5.74, 6) is -3.51. The van der Waals surface area contributed by atoms with Crippen LogP contribution in [0.5, 0.6) is 0 Å². The molecule has 0 radical (unpaired) electrons. The van der Waals surface area contributed by atoms with Crippen molar-refractivity contribution in [1.29, 1.82) is 0 Å². The molecule has 2 aromatic rings. The first-order valence-electron chi connectivity index (χ1n) is 10.0. The van der Waals surface area contributed by atoms with E-state index in [2.05, 4.69) is 15.6 Å². The number of carbonyl (C=O) groups is 3. The fourth-order valence-electron chi connectivity index (χ4n) is 3.29. The molecule has 2 amide bonds. The maximum atomic E-state index is 13.4. The Morgan fingerprint density at radius 3 is 2.65 bits per heavy atom. The van der Waals surface area contributed by atoms with Crippen molar-refractivity contribution < 1.29 is 27.9 Å². The fourth-order valence-corrected chi connectivity index (χ4v) is 4.01. The van der Waals surface area contributed by atoms with Crippen molar-refractivity contribution in [3.05, 3.63) is 35.2 Å². The van der Waals surface area contributed by atoms with Crippen LogP contribution in [0.2, 0.25) is 0 Å². The third kappa shape index (κ3) is 6.30. The predicted octanol–water partition coefficient (Wildman–Crippen LogP) is 3.66. The summed E-state index contributed by atoms with van der Waals surface area (Å²) in [5, 5.41) is 6.88. The van der Waals surface area contributed by atoms with Crippen LogP contribution in [-0.4, -0.2) is 35.4 Å². The molecule has 1 heterocycles. The molecule has 10 heteroatoms. The Morgan fingerprint density at radius 2 is 1.94 bits per heavy atom. The molecule has 1 unspecified atom stereocenters. The van der Waals surface area contributed by atoms with Gasteiger partial charge in [0.15, 0.2) is 22.9 Å². The van der Waals surface area contributed by atoms with E-state index >= 15 is 0 Å². The van der Waals surface area contributed by atoms with E-state index in [-0.39, 0.29) is 23.5 Å².